The number of esters is 1. The molecule has 0 aliphatic rings. The molecule has 21 heavy (non-hydrogen) atoms. The fraction of sp³-hybridized carbons (Fsp3) is 0.267. The molecule has 2 rings (SSSR count). The summed E-state index contributed by atoms with van der Waals surface area (Å²) < 4.78 is 4.64. The lowest BCUT2D eigenvalue weighted by Crippen LogP contribution is -2.07. The minimum atomic E-state index is -0.597. The number of nitrogens with one attached hydrogen (secondary N) is 1. The molecule has 5 nitrogen and oxygen atoms in total. The van der Waals surface area contributed by atoms with Gasteiger partial charge in [-0.1, -0.05) is 41.2 Å². The number of hydrogen-bond donors (Lipinski definition) is 1. The van der Waals surface area contributed by atoms with E-state index in [1.165, 1.54) is 19.6 Å². The molecule has 0 unspecified atom stereocenters. The number of ether oxygens (including phenoxy) is 1. The maximum absolute atomic E-state index is 11.6. The quantitative estimate of drug-likeness (QED) is 0.679. The summed E-state index contributed by atoms with van der Waals surface area (Å²) in [5, 5.41) is 3.66. The van der Waals surface area contributed by atoms with Gasteiger partial charge in [0.2, 0.25) is 0 Å². The van der Waals surface area contributed by atoms with Gasteiger partial charge in [-0.25, -0.2) is 9.78 Å². The van der Waals surface area contributed by atoms with E-state index in [4.69, 9.17) is 0 Å². The van der Waals surface area contributed by atoms with Gasteiger partial charge in [-0.15, -0.1) is 0 Å². The molecule has 2 aromatic rings. The molecular formula is C15H16N2O3S. The van der Waals surface area contributed by atoms with Crippen molar-refractivity contribution < 1.29 is 14.3 Å². The molecule has 0 aliphatic heterocycles. The average molecular weight is 304 g/mol. The van der Waals surface area contributed by atoms with Gasteiger partial charge >= 0.3 is 5.97 Å². The van der Waals surface area contributed by atoms with Crippen LogP contribution in [0.25, 0.3) is 0 Å². The molecule has 1 N–H and O–H groups in total. The van der Waals surface area contributed by atoms with Crippen LogP contribution in [0.1, 0.15) is 38.2 Å². The first-order valence-corrected chi connectivity index (χ1v) is 7.22. The van der Waals surface area contributed by atoms with Gasteiger partial charge in [-0.05, 0) is 12.5 Å². The standard InChI is InChI=1S/C15H16N2O3S/c1-9-5-4-6-11(7-9)8-16-15-17-12(14(19)20-3)13(21-15)10(2)18/h4-7H,8H2,1-3H3,(H,16,17). The van der Waals surface area contributed by atoms with Gasteiger partial charge in [0.25, 0.3) is 0 Å². The SMILES string of the molecule is COC(=O)c1nc(NCc2cccc(C)c2)sc1C(C)=O. The number of carbonyl (C=O) groups is 2. The Labute approximate surface area is 127 Å². The Morgan fingerprint density at radius 3 is 2.76 bits per heavy atom. The number of nitrogens with zero attached hydrogens (tertiary/aromatic N) is 1. The third-order valence-electron chi connectivity index (χ3n) is 2.85. The molecule has 6 heteroatoms. The molecule has 0 radical (unpaired) electrons. The normalized spacial score (nSPS) is 10.2. The number of thiazole rings is 1. The second-order valence-electron chi connectivity index (χ2n) is 4.59. The first-order chi connectivity index (χ1) is 10.0. The Morgan fingerprint density at radius 2 is 2.14 bits per heavy atom. The van der Waals surface area contributed by atoms with Gasteiger partial charge in [0, 0.05) is 13.5 Å². The van der Waals surface area contributed by atoms with Crippen LogP contribution in [-0.2, 0) is 11.3 Å². The van der Waals surface area contributed by atoms with Crippen molar-refractivity contribution in [1.82, 2.24) is 4.98 Å². The zero-order valence-electron chi connectivity index (χ0n) is 12.1. The van der Waals surface area contributed by atoms with Crippen LogP contribution in [0.2, 0.25) is 0 Å². The van der Waals surface area contributed by atoms with Crippen molar-refractivity contribution in [2.75, 3.05) is 12.4 Å². The summed E-state index contributed by atoms with van der Waals surface area (Å²) in [6, 6.07) is 8.07. The Hall–Kier alpha value is -2.21. The van der Waals surface area contributed by atoms with E-state index < -0.39 is 5.97 Å². The molecule has 1 aromatic heterocycles. The number of rotatable bonds is 5. The highest BCUT2D eigenvalue weighted by molar-refractivity contribution is 7.17. The van der Waals surface area contributed by atoms with Crippen LogP contribution < -0.4 is 5.32 Å². The molecule has 0 bridgehead atoms. The summed E-state index contributed by atoms with van der Waals surface area (Å²) >= 11 is 1.16. The zero-order chi connectivity index (χ0) is 15.4. The monoisotopic (exact) mass is 304 g/mol. The molecule has 0 saturated carbocycles. The number of hydrogen-bond acceptors (Lipinski definition) is 6. The van der Waals surface area contributed by atoms with Crippen LogP contribution in [-0.4, -0.2) is 23.8 Å². The van der Waals surface area contributed by atoms with Crippen LogP contribution in [0, 0.1) is 6.92 Å². The van der Waals surface area contributed by atoms with E-state index in [9.17, 15) is 9.59 Å². The van der Waals surface area contributed by atoms with Crippen LogP contribution >= 0.6 is 11.3 Å². The van der Waals surface area contributed by atoms with Crippen molar-refractivity contribution in [2.24, 2.45) is 0 Å². The fourth-order valence-corrected chi connectivity index (χ4v) is 2.71. The maximum atomic E-state index is 11.6. The minimum Gasteiger partial charge on any atom is -0.464 e. The molecule has 1 heterocycles. The number of Topliss-reactive ketones (excluding diaryl/α,β-unsaturated/α-hetero) is 1. The summed E-state index contributed by atoms with van der Waals surface area (Å²) in [6.45, 7) is 4.01. The van der Waals surface area contributed by atoms with Crippen molar-refractivity contribution in [3.63, 3.8) is 0 Å². The lowest BCUT2D eigenvalue weighted by molar-refractivity contribution is 0.0591. The van der Waals surface area contributed by atoms with Crippen molar-refractivity contribution in [1.29, 1.82) is 0 Å². The Balaban J connectivity index is 2.17. The number of ketones is 1. The smallest absolute Gasteiger partial charge is 0.358 e. The highest BCUT2D eigenvalue weighted by atomic mass is 32.1. The third kappa shape index (κ3) is 3.66. The first kappa shape index (κ1) is 15.2. The highest BCUT2D eigenvalue weighted by Gasteiger charge is 2.21. The largest absolute Gasteiger partial charge is 0.464 e. The average Bonchev–Trinajstić information content (AvgIpc) is 2.89. The summed E-state index contributed by atoms with van der Waals surface area (Å²) in [6.07, 6.45) is 0. The molecule has 0 saturated heterocycles. The van der Waals surface area contributed by atoms with E-state index in [1.807, 2.05) is 25.1 Å². The minimum absolute atomic E-state index is 0.0711. The van der Waals surface area contributed by atoms with Gasteiger partial charge in [0.05, 0.1) is 7.11 Å². The number of aromatic nitrogens is 1. The van der Waals surface area contributed by atoms with Gasteiger partial charge in [-0.2, -0.15) is 0 Å². The molecule has 0 fully saturated rings. The van der Waals surface area contributed by atoms with Gasteiger partial charge in [0.15, 0.2) is 16.6 Å². The summed E-state index contributed by atoms with van der Waals surface area (Å²) in [5.41, 5.74) is 2.35. The summed E-state index contributed by atoms with van der Waals surface area (Å²) in [5.74, 6) is -0.795. The maximum Gasteiger partial charge on any atom is 0.358 e. The third-order valence-corrected chi connectivity index (χ3v) is 3.97. The Bertz CT molecular complexity index is 679. The number of methoxy groups -OCH3 is 1. The van der Waals surface area contributed by atoms with Gasteiger partial charge in [-0.3, -0.25) is 4.79 Å². The van der Waals surface area contributed by atoms with Gasteiger partial charge in [0.1, 0.15) is 4.88 Å². The van der Waals surface area contributed by atoms with E-state index in [-0.39, 0.29) is 11.5 Å². The second kappa shape index (κ2) is 6.49. The molecule has 0 aliphatic carbocycles. The Morgan fingerprint density at radius 1 is 1.38 bits per heavy atom. The van der Waals surface area contributed by atoms with E-state index in [0.717, 1.165) is 16.9 Å². The topological polar surface area (TPSA) is 68.3 Å². The summed E-state index contributed by atoms with van der Waals surface area (Å²) in [7, 11) is 1.27. The van der Waals surface area contributed by atoms with E-state index in [1.54, 1.807) is 0 Å². The molecule has 110 valence electrons. The van der Waals surface area contributed by atoms with Crippen LogP contribution in [0.5, 0.6) is 0 Å². The van der Waals surface area contributed by atoms with E-state index >= 15 is 0 Å². The predicted molar refractivity (Wildman–Crippen MR) is 82.0 cm³/mol. The van der Waals surface area contributed by atoms with Crippen LogP contribution in [0.4, 0.5) is 5.13 Å². The lowest BCUT2D eigenvalue weighted by Gasteiger charge is -2.03. The van der Waals surface area contributed by atoms with Gasteiger partial charge < -0.3 is 10.1 Å². The number of carbonyl (C=O) groups excluding carboxylic acids is 2. The zero-order valence-corrected chi connectivity index (χ0v) is 12.9. The molecule has 0 amide bonds. The van der Waals surface area contributed by atoms with Crippen LogP contribution in [0.3, 0.4) is 0 Å². The second-order valence-corrected chi connectivity index (χ2v) is 5.59. The number of anilines is 1. The number of benzene rings is 1. The number of aryl methyl sites for hydroxylation is 1. The predicted octanol–water partition coefficient (Wildman–Crippen LogP) is 3.05. The van der Waals surface area contributed by atoms with Crippen molar-refractivity contribution in [3.05, 3.63) is 46.0 Å². The Kier molecular flexibility index (Phi) is 4.70. The summed E-state index contributed by atoms with van der Waals surface area (Å²) in [4.78, 5) is 27.6. The lowest BCUT2D eigenvalue weighted by atomic mass is 10.1. The highest BCUT2D eigenvalue weighted by Crippen LogP contribution is 2.24. The van der Waals surface area contributed by atoms with E-state index in [2.05, 4.69) is 21.1 Å². The van der Waals surface area contributed by atoms with Crippen molar-refractivity contribution in [2.45, 2.75) is 20.4 Å². The molecule has 1 aromatic carbocycles. The molecule has 0 atom stereocenters. The molecular weight excluding hydrogens is 288 g/mol. The molecule has 0 spiro atoms. The van der Waals surface area contributed by atoms with Crippen molar-refractivity contribution >= 4 is 28.2 Å². The fourth-order valence-electron chi connectivity index (χ4n) is 1.87. The first-order valence-electron chi connectivity index (χ1n) is 6.40. The van der Waals surface area contributed by atoms with E-state index in [0.29, 0.717) is 16.6 Å². The van der Waals surface area contributed by atoms with Crippen molar-refractivity contribution in [3.8, 4) is 0 Å². The van der Waals surface area contributed by atoms with Crippen LogP contribution in [0.15, 0.2) is 24.3 Å².